The molecule has 0 unspecified atom stereocenters. The fourth-order valence-electron chi connectivity index (χ4n) is 1.85. The molecular formula is C13H11BrN4S. The third-order valence-electron chi connectivity index (χ3n) is 2.65. The summed E-state index contributed by atoms with van der Waals surface area (Å²) < 4.78 is 3.03. The van der Waals surface area contributed by atoms with E-state index < -0.39 is 0 Å². The highest BCUT2D eigenvalue weighted by atomic mass is 79.9. The zero-order valence-electron chi connectivity index (χ0n) is 10.2. The second kappa shape index (κ2) is 5.22. The molecule has 0 saturated heterocycles. The van der Waals surface area contributed by atoms with E-state index >= 15 is 0 Å². The molecule has 0 bridgehead atoms. The number of halogens is 1. The molecule has 0 radical (unpaired) electrons. The van der Waals surface area contributed by atoms with Gasteiger partial charge in [-0.25, -0.2) is 9.97 Å². The molecule has 0 atom stereocenters. The minimum absolute atomic E-state index is 0.736. The summed E-state index contributed by atoms with van der Waals surface area (Å²) in [6.45, 7) is 2.74. The van der Waals surface area contributed by atoms with Gasteiger partial charge in [0.1, 0.15) is 10.8 Å². The molecule has 4 nitrogen and oxygen atoms in total. The zero-order valence-corrected chi connectivity index (χ0v) is 12.6. The number of hydrogen-bond acceptors (Lipinski definition) is 4. The van der Waals surface area contributed by atoms with Crippen LogP contribution in [0, 0.1) is 6.92 Å². The molecule has 3 rings (SSSR count). The van der Waals surface area contributed by atoms with Crippen molar-refractivity contribution in [3.8, 4) is 11.4 Å². The highest BCUT2D eigenvalue weighted by Gasteiger charge is 2.08. The molecule has 3 heterocycles. The molecule has 0 aliphatic rings. The Bertz CT molecular complexity index is 704. The summed E-state index contributed by atoms with van der Waals surface area (Å²) in [5, 5.41) is 3.15. The van der Waals surface area contributed by atoms with Gasteiger partial charge in [-0.2, -0.15) is 0 Å². The summed E-state index contributed by atoms with van der Waals surface area (Å²) in [5.74, 6) is 0.904. The normalized spacial score (nSPS) is 10.8. The number of imidazole rings is 1. The van der Waals surface area contributed by atoms with E-state index in [1.165, 1.54) is 0 Å². The molecule has 0 amide bonds. The third-order valence-corrected chi connectivity index (χ3v) is 4.04. The van der Waals surface area contributed by atoms with Gasteiger partial charge in [0.2, 0.25) is 0 Å². The Morgan fingerprint density at radius 3 is 3.00 bits per heavy atom. The predicted octanol–water partition coefficient (Wildman–Crippen LogP) is 3.52. The van der Waals surface area contributed by atoms with Crippen LogP contribution in [-0.4, -0.2) is 19.5 Å². The summed E-state index contributed by atoms with van der Waals surface area (Å²) in [6, 6.07) is 2.01. The lowest BCUT2D eigenvalue weighted by molar-refractivity contribution is 0.796. The molecular weight excluding hydrogens is 324 g/mol. The quantitative estimate of drug-likeness (QED) is 0.736. The van der Waals surface area contributed by atoms with Crippen LogP contribution in [0.5, 0.6) is 0 Å². The fourth-order valence-corrected chi connectivity index (χ4v) is 2.99. The van der Waals surface area contributed by atoms with Gasteiger partial charge in [-0.05, 0) is 28.9 Å². The Kier molecular flexibility index (Phi) is 3.44. The van der Waals surface area contributed by atoms with Crippen LogP contribution in [0.4, 0.5) is 0 Å². The Hall–Kier alpha value is -1.53. The predicted molar refractivity (Wildman–Crippen MR) is 79.1 cm³/mol. The van der Waals surface area contributed by atoms with Crippen molar-refractivity contribution < 1.29 is 0 Å². The van der Waals surface area contributed by atoms with Crippen LogP contribution >= 0.6 is 27.3 Å². The van der Waals surface area contributed by atoms with E-state index in [9.17, 15) is 0 Å². The van der Waals surface area contributed by atoms with Gasteiger partial charge in [0.25, 0.3) is 0 Å². The van der Waals surface area contributed by atoms with Crippen molar-refractivity contribution in [1.29, 1.82) is 0 Å². The maximum atomic E-state index is 4.48. The molecule has 0 N–H and O–H groups in total. The average Bonchev–Trinajstić information content (AvgIpc) is 2.99. The summed E-state index contributed by atoms with van der Waals surface area (Å²) >= 11 is 5.10. The molecule has 6 heteroatoms. The van der Waals surface area contributed by atoms with Gasteiger partial charge < -0.3 is 4.57 Å². The lowest BCUT2D eigenvalue weighted by Gasteiger charge is -2.06. The molecule has 96 valence electrons. The monoisotopic (exact) mass is 334 g/mol. The molecule has 0 saturated carbocycles. The zero-order chi connectivity index (χ0) is 13.2. The largest absolute Gasteiger partial charge is 0.324 e. The second-order valence-corrected chi connectivity index (χ2v) is 6.01. The minimum Gasteiger partial charge on any atom is -0.324 e. The van der Waals surface area contributed by atoms with Crippen molar-refractivity contribution in [2.45, 2.75) is 13.5 Å². The van der Waals surface area contributed by atoms with Gasteiger partial charge in [-0.1, -0.05) is 0 Å². The number of pyridine rings is 1. The van der Waals surface area contributed by atoms with E-state index in [4.69, 9.17) is 0 Å². The maximum absolute atomic E-state index is 4.48. The topological polar surface area (TPSA) is 43.6 Å². The first-order valence-corrected chi connectivity index (χ1v) is 7.43. The highest BCUT2D eigenvalue weighted by molar-refractivity contribution is 9.10. The van der Waals surface area contributed by atoms with E-state index in [1.807, 2.05) is 25.4 Å². The second-order valence-electron chi connectivity index (χ2n) is 4.15. The molecule has 3 aromatic rings. The van der Waals surface area contributed by atoms with Crippen LogP contribution in [0.2, 0.25) is 0 Å². The van der Waals surface area contributed by atoms with Gasteiger partial charge in [-0.15, -0.1) is 11.3 Å². The Morgan fingerprint density at radius 1 is 1.37 bits per heavy atom. The Morgan fingerprint density at radius 2 is 2.26 bits per heavy atom. The standard InChI is InChI=1S/C13H11BrN4S/c1-9-8-19-12(17-9)7-18-3-2-16-13(18)10-4-11(14)6-15-5-10/h2-6,8H,7H2,1H3. The van der Waals surface area contributed by atoms with Crippen molar-refractivity contribution >= 4 is 27.3 Å². The van der Waals surface area contributed by atoms with E-state index in [-0.39, 0.29) is 0 Å². The summed E-state index contributed by atoms with van der Waals surface area (Å²) in [4.78, 5) is 13.1. The molecule has 0 spiro atoms. The van der Waals surface area contributed by atoms with Crippen molar-refractivity contribution in [1.82, 2.24) is 19.5 Å². The van der Waals surface area contributed by atoms with E-state index in [0.717, 1.165) is 33.1 Å². The summed E-state index contributed by atoms with van der Waals surface area (Å²) in [5.41, 5.74) is 2.05. The van der Waals surface area contributed by atoms with Crippen LogP contribution < -0.4 is 0 Å². The number of nitrogens with zero attached hydrogens (tertiary/aromatic N) is 4. The Balaban J connectivity index is 1.94. The van der Waals surface area contributed by atoms with E-state index in [0.29, 0.717) is 0 Å². The van der Waals surface area contributed by atoms with Crippen LogP contribution in [-0.2, 0) is 6.54 Å². The number of thiazole rings is 1. The summed E-state index contributed by atoms with van der Waals surface area (Å²) in [6.07, 6.45) is 7.35. The first-order chi connectivity index (χ1) is 9.22. The number of hydrogen-bond donors (Lipinski definition) is 0. The maximum Gasteiger partial charge on any atom is 0.141 e. The lowest BCUT2D eigenvalue weighted by Crippen LogP contribution is -2.01. The first-order valence-electron chi connectivity index (χ1n) is 5.75. The fraction of sp³-hybridized carbons (Fsp3) is 0.154. The molecule has 0 aliphatic carbocycles. The lowest BCUT2D eigenvalue weighted by atomic mass is 10.3. The van der Waals surface area contributed by atoms with Gasteiger partial charge in [0.05, 0.1) is 6.54 Å². The van der Waals surface area contributed by atoms with E-state index in [1.54, 1.807) is 23.7 Å². The molecule has 0 aromatic carbocycles. The first kappa shape index (κ1) is 12.5. The Labute approximate surface area is 123 Å². The molecule has 0 aliphatic heterocycles. The molecule has 3 aromatic heterocycles. The molecule has 19 heavy (non-hydrogen) atoms. The smallest absolute Gasteiger partial charge is 0.141 e. The van der Waals surface area contributed by atoms with Crippen molar-refractivity contribution in [2.75, 3.05) is 0 Å². The summed E-state index contributed by atoms with van der Waals surface area (Å²) in [7, 11) is 0. The highest BCUT2D eigenvalue weighted by Crippen LogP contribution is 2.21. The van der Waals surface area contributed by atoms with Crippen LogP contribution in [0.25, 0.3) is 11.4 Å². The van der Waals surface area contributed by atoms with Crippen LogP contribution in [0.3, 0.4) is 0 Å². The van der Waals surface area contributed by atoms with Crippen molar-refractivity contribution in [2.24, 2.45) is 0 Å². The third kappa shape index (κ3) is 2.74. The van der Waals surface area contributed by atoms with Gasteiger partial charge in [-0.3, -0.25) is 4.98 Å². The van der Waals surface area contributed by atoms with Crippen molar-refractivity contribution in [3.63, 3.8) is 0 Å². The van der Waals surface area contributed by atoms with Gasteiger partial charge in [0.15, 0.2) is 0 Å². The minimum atomic E-state index is 0.736. The molecule has 0 fully saturated rings. The average molecular weight is 335 g/mol. The van der Waals surface area contributed by atoms with Crippen LogP contribution in [0.1, 0.15) is 10.7 Å². The number of rotatable bonds is 3. The van der Waals surface area contributed by atoms with Gasteiger partial charge in [0, 0.05) is 45.9 Å². The van der Waals surface area contributed by atoms with Crippen molar-refractivity contribution in [3.05, 3.63) is 51.4 Å². The number of aromatic nitrogens is 4. The van der Waals surface area contributed by atoms with E-state index in [2.05, 4.69) is 40.8 Å². The van der Waals surface area contributed by atoms with Gasteiger partial charge >= 0.3 is 0 Å². The SMILES string of the molecule is Cc1csc(Cn2ccnc2-c2cncc(Br)c2)n1. The number of aryl methyl sites for hydroxylation is 1. The van der Waals surface area contributed by atoms with Crippen LogP contribution in [0.15, 0.2) is 40.7 Å².